The van der Waals surface area contributed by atoms with Crippen LogP contribution in [0.25, 0.3) is 0 Å². The quantitative estimate of drug-likeness (QED) is 0.551. The van der Waals surface area contributed by atoms with Crippen molar-refractivity contribution in [3.8, 4) is 0 Å². The molecule has 0 aromatic rings. The molecule has 1 aliphatic rings. The second-order valence-electron chi connectivity index (χ2n) is 3.35. The molecule has 0 radical (unpaired) electrons. The highest BCUT2D eigenvalue weighted by Gasteiger charge is 2.21. The van der Waals surface area contributed by atoms with Crippen molar-refractivity contribution in [2.75, 3.05) is 11.5 Å². The summed E-state index contributed by atoms with van der Waals surface area (Å²) in [5, 5.41) is 2.79. The van der Waals surface area contributed by atoms with Gasteiger partial charge in [-0.2, -0.15) is 11.8 Å². The highest BCUT2D eigenvalue weighted by Crippen LogP contribution is 2.16. The second-order valence-corrected chi connectivity index (χ2v) is 4.50. The van der Waals surface area contributed by atoms with Crippen molar-refractivity contribution in [1.82, 2.24) is 5.32 Å². The van der Waals surface area contributed by atoms with Gasteiger partial charge in [-0.1, -0.05) is 0 Å². The number of nitrogens with one attached hydrogen (secondary N) is 1. The number of amides is 2. The van der Waals surface area contributed by atoms with Crippen molar-refractivity contribution >= 4 is 23.6 Å². The average molecular weight is 217 g/mol. The summed E-state index contributed by atoms with van der Waals surface area (Å²) in [5.74, 6) is 1.16. The van der Waals surface area contributed by atoms with E-state index in [2.05, 4.69) is 5.32 Å². The van der Waals surface area contributed by atoms with E-state index in [0.717, 1.165) is 17.9 Å². The maximum atomic E-state index is 11.4. The predicted octanol–water partition coefficient (Wildman–Crippen LogP) is -1.19. The topological polar surface area (TPSA) is 98.2 Å². The summed E-state index contributed by atoms with van der Waals surface area (Å²) in [6, 6.07) is -0.607. The molecule has 6 heteroatoms. The van der Waals surface area contributed by atoms with Crippen LogP contribution in [0.5, 0.6) is 0 Å². The SMILES string of the molecule is NC(=O)CC(N)C(=O)NC1CCSC1. The number of carbonyl (C=O) groups is 2. The van der Waals surface area contributed by atoms with Crippen molar-refractivity contribution in [2.24, 2.45) is 11.5 Å². The summed E-state index contributed by atoms with van der Waals surface area (Å²) in [4.78, 5) is 21.9. The molecule has 0 aromatic heterocycles. The molecule has 5 N–H and O–H groups in total. The predicted molar refractivity (Wildman–Crippen MR) is 55.7 cm³/mol. The highest BCUT2D eigenvalue weighted by atomic mass is 32.2. The van der Waals surface area contributed by atoms with Crippen LogP contribution in [0.4, 0.5) is 0 Å². The van der Waals surface area contributed by atoms with Gasteiger partial charge in [0.05, 0.1) is 12.5 Å². The molecule has 2 atom stereocenters. The Morgan fingerprint density at radius 3 is 2.79 bits per heavy atom. The van der Waals surface area contributed by atoms with Crippen LogP contribution >= 0.6 is 11.8 Å². The van der Waals surface area contributed by atoms with Gasteiger partial charge >= 0.3 is 0 Å². The van der Waals surface area contributed by atoms with Gasteiger partial charge in [-0.05, 0) is 12.2 Å². The molecule has 0 saturated carbocycles. The van der Waals surface area contributed by atoms with Gasteiger partial charge in [0.1, 0.15) is 0 Å². The molecule has 5 nitrogen and oxygen atoms in total. The molecule has 1 saturated heterocycles. The summed E-state index contributed by atoms with van der Waals surface area (Å²) < 4.78 is 0. The standard InChI is InChI=1S/C8H15N3O2S/c9-6(3-7(10)12)8(13)11-5-1-2-14-4-5/h5-6H,1-4,9H2,(H2,10,12)(H,11,13). The number of rotatable bonds is 4. The average Bonchev–Trinajstić information content (AvgIpc) is 2.55. The van der Waals surface area contributed by atoms with E-state index in [1.165, 1.54) is 0 Å². The van der Waals surface area contributed by atoms with E-state index in [0.29, 0.717) is 0 Å². The minimum absolute atomic E-state index is 0.0916. The molecule has 80 valence electrons. The maximum Gasteiger partial charge on any atom is 0.237 e. The molecule has 0 aliphatic carbocycles. The summed E-state index contributed by atoms with van der Waals surface area (Å²) in [6.07, 6.45) is 0.880. The van der Waals surface area contributed by atoms with Crippen LogP contribution in [0.3, 0.4) is 0 Å². The van der Waals surface area contributed by atoms with Crippen LogP contribution in [0.2, 0.25) is 0 Å². The number of carbonyl (C=O) groups excluding carboxylic acids is 2. The lowest BCUT2D eigenvalue weighted by Crippen LogP contribution is -2.47. The van der Waals surface area contributed by atoms with Crippen molar-refractivity contribution in [3.05, 3.63) is 0 Å². The summed E-state index contributed by atoms with van der Waals surface area (Å²) >= 11 is 1.80. The Morgan fingerprint density at radius 2 is 2.29 bits per heavy atom. The van der Waals surface area contributed by atoms with E-state index in [1.54, 1.807) is 11.8 Å². The Labute approximate surface area is 87.0 Å². The summed E-state index contributed by atoms with van der Waals surface area (Å²) in [6.45, 7) is 0. The van der Waals surface area contributed by atoms with E-state index in [4.69, 9.17) is 11.5 Å². The fraction of sp³-hybridized carbons (Fsp3) is 0.750. The van der Waals surface area contributed by atoms with Gasteiger partial charge in [-0.15, -0.1) is 0 Å². The molecular formula is C8H15N3O2S. The molecule has 1 fully saturated rings. The molecule has 14 heavy (non-hydrogen) atoms. The maximum absolute atomic E-state index is 11.4. The Balaban J connectivity index is 2.29. The second kappa shape index (κ2) is 5.21. The Bertz CT molecular complexity index is 229. The normalized spacial score (nSPS) is 23.1. The fourth-order valence-corrected chi connectivity index (χ4v) is 2.42. The molecular weight excluding hydrogens is 202 g/mol. The first kappa shape index (κ1) is 11.3. The molecule has 1 rings (SSSR count). The van der Waals surface area contributed by atoms with Gasteiger partial charge < -0.3 is 16.8 Å². The van der Waals surface area contributed by atoms with E-state index in [1.807, 2.05) is 0 Å². The number of nitrogens with two attached hydrogens (primary N) is 2. The highest BCUT2D eigenvalue weighted by molar-refractivity contribution is 7.99. The van der Waals surface area contributed by atoms with E-state index >= 15 is 0 Å². The Kier molecular flexibility index (Phi) is 4.21. The van der Waals surface area contributed by atoms with Crippen LogP contribution in [-0.2, 0) is 9.59 Å². The fourth-order valence-electron chi connectivity index (χ4n) is 1.27. The smallest absolute Gasteiger partial charge is 0.237 e. The monoisotopic (exact) mass is 217 g/mol. The zero-order valence-electron chi connectivity index (χ0n) is 7.86. The van der Waals surface area contributed by atoms with Gasteiger partial charge in [0, 0.05) is 11.8 Å². The minimum atomic E-state index is -0.807. The van der Waals surface area contributed by atoms with Crippen LogP contribution in [0, 0.1) is 0 Å². The van der Waals surface area contributed by atoms with Gasteiger partial charge in [0.15, 0.2) is 0 Å². The van der Waals surface area contributed by atoms with Gasteiger partial charge in [0.2, 0.25) is 11.8 Å². The molecule has 2 amide bonds. The van der Waals surface area contributed by atoms with Gasteiger partial charge in [-0.3, -0.25) is 9.59 Å². The van der Waals surface area contributed by atoms with Crippen LogP contribution in [-0.4, -0.2) is 35.4 Å². The third-order valence-corrected chi connectivity index (χ3v) is 3.20. The third kappa shape index (κ3) is 3.55. The molecule has 1 heterocycles. The van der Waals surface area contributed by atoms with Crippen LogP contribution < -0.4 is 16.8 Å². The lowest BCUT2D eigenvalue weighted by Gasteiger charge is -2.14. The number of hydrogen-bond acceptors (Lipinski definition) is 4. The zero-order valence-corrected chi connectivity index (χ0v) is 8.68. The molecule has 0 aromatic carbocycles. The first-order chi connectivity index (χ1) is 6.59. The van der Waals surface area contributed by atoms with Crippen LogP contribution in [0.15, 0.2) is 0 Å². The first-order valence-electron chi connectivity index (χ1n) is 4.51. The van der Waals surface area contributed by atoms with Crippen molar-refractivity contribution in [2.45, 2.75) is 24.9 Å². The van der Waals surface area contributed by atoms with Crippen molar-refractivity contribution < 1.29 is 9.59 Å². The van der Waals surface area contributed by atoms with Crippen molar-refractivity contribution in [1.29, 1.82) is 0 Å². The molecule has 0 spiro atoms. The van der Waals surface area contributed by atoms with Crippen LogP contribution in [0.1, 0.15) is 12.8 Å². The van der Waals surface area contributed by atoms with Gasteiger partial charge in [-0.25, -0.2) is 0 Å². The van der Waals surface area contributed by atoms with Crippen molar-refractivity contribution in [3.63, 3.8) is 0 Å². The van der Waals surface area contributed by atoms with E-state index in [-0.39, 0.29) is 18.4 Å². The Hall–Kier alpha value is -0.750. The molecule has 0 bridgehead atoms. The number of thioether (sulfide) groups is 1. The summed E-state index contributed by atoms with van der Waals surface area (Å²) in [7, 11) is 0. The third-order valence-electron chi connectivity index (χ3n) is 2.03. The Morgan fingerprint density at radius 1 is 1.57 bits per heavy atom. The largest absolute Gasteiger partial charge is 0.370 e. The molecule has 2 unspecified atom stereocenters. The molecule has 1 aliphatic heterocycles. The first-order valence-corrected chi connectivity index (χ1v) is 5.67. The van der Waals surface area contributed by atoms with Gasteiger partial charge in [0.25, 0.3) is 0 Å². The summed E-state index contributed by atoms with van der Waals surface area (Å²) in [5.41, 5.74) is 10.4. The van der Waals surface area contributed by atoms with E-state index < -0.39 is 11.9 Å². The number of primary amides is 1. The number of hydrogen-bond donors (Lipinski definition) is 3. The minimum Gasteiger partial charge on any atom is -0.370 e. The lowest BCUT2D eigenvalue weighted by atomic mass is 10.2. The zero-order chi connectivity index (χ0) is 10.6. The van der Waals surface area contributed by atoms with E-state index in [9.17, 15) is 9.59 Å². The lowest BCUT2D eigenvalue weighted by molar-refractivity contribution is -0.126.